The summed E-state index contributed by atoms with van der Waals surface area (Å²) in [6, 6.07) is 19.6. The Kier molecular flexibility index (Phi) is 7.62. The Bertz CT molecular complexity index is 1080. The van der Waals surface area contributed by atoms with Crippen LogP contribution in [0.4, 0.5) is 5.82 Å². The van der Waals surface area contributed by atoms with Gasteiger partial charge in [0, 0.05) is 37.9 Å². The molecule has 0 unspecified atom stereocenters. The molecule has 1 saturated heterocycles. The van der Waals surface area contributed by atoms with Crippen LogP contribution in [0.1, 0.15) is 29.9 Å². The molecule has 1 aromatic heterocycles. The maximum Gasteiger partial charge on any atom is 0.260 e. The second-order valence-electron chi connectivity index (χ2n) is 8.65. The zero-order valence-corrected chi connectivity index (χ0v) is 20.1. The molecule has 1 fully saturated rings. The number of aryl methyl sites for hydroxylation is 2. The molecule has 4 rings (SSSR count). The molecule has 0 aliphatic carbocycles. The van der Waals surface area contributed by atoms with Crippen LogP contribution in [-0.4, -0.2) is 53.6 Å². The molecular formula is C27H32N4O3. The molecule has 3 aromatic rings. The fourth-order valence-electron chi connectivity index (χ4n) is 4.21. The lowest BCUT2D eigenvalue weighted by atomic mass is 10.0. The third-order valence-electron chi connectivity index (χ3n) is 6.12. The molecule has 0 bridgehead atoms. The number of nitrogens with zero attached hydrogens (tertiary/aromatic N) is 4. The molecule has 34 heavy (non-hydrogen) atoms. The molecule has 1 amide bonds. The van der Waals surface area contributed by atoms with E-state index in [2.05, 4.69) is 14.9 Å². The van der Waals surface area contributed by atoms with Crippen molar-refractivity contribution < 1.29 is 14.3 Å². The van der Waals surface area contributed by atoms with Crippen molar-refractivity contribution in [2.45, 2.75) is 39.3 Å². The molecule has 7 nitrogen and oxygen atoms in total. The third-order valence-corrected chi connectivity index (χ3v) is 6.12. The first-order chi connectivity index (χ1) is 16.5. The van der Waals surface area contributed by atoms with Gasteiger partial charge in [0.05, 0.1) is 0 Å². The Morgan fingerprint density at radius 2 is 1.62 bits per heavy atom. The van der Waals surface area contributed by atoms with Crippen LogP contribution in [0.15, 0.2) is 60.7 Å². The summed E-state index contributed by atoms with van der Waals surface area (Å²) in [7, 11) is 1.86. The van der Waals surface area contributed by atoms with Gasteiger partial charge in [0.1, 0.15) is 18.2 Å². The minimum absolute atomic E-state index is 0.0211. The van der Waals surface area contributed by atoms with Crippen LogP contribution >= 0.6 is 0 Å². The van der Waals surface area contributed by atoms with Crippen LogP contribution in [0.25, 0.3) is 0 Å². The summed E-state index contributed by atoms with van der Waals surface area (Å²) in [6.45, 7) is 6.04. The molecule has 1 aliphatic rings. The van der Waals surface area contributed by atoms with Gasteiger partial charge in [-0.25, -0.2) is 9.97 Å². The van der Waals surface area contributed by atoms with Crippen LogP contribution in [0.3, 0.4) is 0 Å². The minimum Gasteiger partial charge on any atom is -0.485 e. The summed E-state index contributed by atoms with van der Waals surface area (Å²) in [5.74, 6) is 2.92. The smallest absolute Gasteiger partial charge is 0.260 e. The van der Waals surface area contributed by atoms with E-state index in [4.69, 9.17) is 9.47 Å². The van der Waals surface area contributed by atoms with Crippen LogP contribution in [0, 0.1) is 13.8 Å². The van der Waals surface area contributed by atoms with Crippen LogP contribution in [0.2, 0.25) is 0 Å². The number of hydrogen-bond acceptors (Lipinski definition) is 6. The van der Waals surface area contributed by atoms with Gasteiger partial charge in [0.15, 0.2) is 18.1 Å². The van der Waals surface area contributed by atoms with Gasteiger partial charge in [-0.1, -0.05) is 42.5 Å². The number of ether oxygens (including phenoxy) is 2. The fraction of sp³-hybridized carbons (Fsp3) is 0.370. The van der Waals surface area contributed by atoms with Gasteiger partial charge in [-0.05, 0) is 44.4 Å². The Morgan fingerprint density at radius 3 is 2.29 bits per heavy atom. The van der Waals surface area contributed by atoms with E-state index < -0.39 is 0 Å². The first-order valence-electron chi connectivity index (χ1n) is 11.7. The van der Waals surface area contributed by atoms with E-state index >= 15 is 0 Å². The molecule has 1 aliphatic heterocycles. The lowest BCUT2D eigenvalue weighted by Crippen LogP contribution is -2.47. The van der Waals surface area contributed by atoms with Crippen LogP contribution in [0.5, 0.6) is 11.5 Å². The lowest BCUT2D eigenvalue weighted by molar-refractivity contribution is -0.134. The van der Waals surface area contributed by atoms with E-state index in [1.807, 2.05) is 86.5 Å². The van der Waals surface area contributed by atoms with E-state index in [1.165, 1.54) is 0 Å². The number of anilines is 1. The van der Waals surface area contributed by atoms with Crippen molar-refractivity contribution in [3.63, 3.8) is 0 Å². The predicted molar refractivity (Wildman–Crippen MR) is 132 cm³/mol. The fourth-order valence-corrected chi connectivity index (χ4v) is 4.21. The first-order valence-corrected chi connectivity index (χ1v) is 11.7. The molecule has 178 valence electrons. The number of aromatic nitrogens is 2. The van der Waals surface area contributed by atoms with Crippen molar-refractivity contribution in [1.82, 2.24) is 14.9 Å². The maximum atomic E-state index is 12.9. The number of carbonyl (C=O) groups excluding carboxylic acids is 1. The molecular weight excluding hydrogens is 428 g/mol. The van der Waals surface area contributed by atoms with Gasteiger partial charge in [-0.2, -0.15) is 0 Å². The van der Waals surface area contributed by atoms with Crippen molar-refractivity contribution in [3.8, 4) is 11.5 Å². The minimum atomic E-state index is -0.0370. The van der Waals surface area contributed by atoms with Gasteiger partial charge in [0.2, 0.25) is 0 Å². The maximum absolute atomic E-state index is 12.9. The molecule has 0 atom stereocenters. The Labute approximate surface area is 201 Å². The SMILES string of the molecule is Cc1cc(N2CCC(N(C)C(=O)COc3ccccc3OCc3ccccc3)CC2)nc(C)n1. The topological polar surface area (TPSA) is 67.8 Å². The summed E-state index contributed by atoms with van der Waals surface area (Å²) in [4.78, 5) is 25.9. The van der Waals surface area contributed by atoms with Crippen molar-refractivity contribution in [2.75, 3.05) is 31.6 Å². The molecule has 0 radical (unpaired) electrons. The molecule has 2 aromatic carbocycles. The molecule has 7 heteroatoms. The quantitative estimate of drug-likeness (QED) is 0.502. The normalized spacial score (nSPS) is 14.0. The van der Waals surface area contributed by atoms with Crippen LogP contribution < -0.4 is 14.4 Å². The standard InChI is InChI=1S/C27H32N4O3/c1-20-17-26(29-21(2)28-20)31-15-13-23(14-16-31)30(3)27(32)19-34-25-12-8-7-11-24(25)33-18-22-9-5-4-6-10-22/h4-12,17,23H,13-16,18-19H2,1-3H3. The van der Waals surface area contributed by atoms with Crippen molar-refractivity contribution >= 4 is 11.7 Å². The number of carbonyl (C=O) groups is 1. The molecule has 0 saturated carbocycles. The number of likely N-dealkylation sites (N-methyl/N-ethyl adjacent to an activating group) is 1. The number of benzene rings is 2. The van der Waals surface area contributed by atoms with Gasteiger partial charge >= 0.3 is 0 Å². The van der Waals surface area contributed by atoms with Crippen molar-refractivity contribution in [1.29, 1.82) is 0 Å². The Morgan fingerprint density at radius 1 is 0.971 bits per heavy atom. The monoisotopic (exact) mass is 460 g/mol. The van der Waals surface area contributed by atoms with E-state index in [-0.39, 0.29) is 18.6 Å². The molecule has 0 spiro atoms. The summed E-state index contributed by atoms with van der Waals surface area (Å²) >= 11 is 0. The highest BCUT2D eigenvalue weighted by atomic mass is 16.5. The second kappa shape index (κ2) is 11.0. The van der Waals surface area contributed by atoms with Gasteiger partial charge in [0.25, 0.3) is 5.91 Å². The summed E-state index contributed by atoms with van der Waals surface area (Å²) < 4.78 is 11.8. The third kappa shape index (κ3) is 6.04. The van der Waals surface area contributed by atoms with Crippen molar-refractivity contribution in [2.24, 2.45) is 0 Å². The number of piperidine rings is 1. The van der Waals surface area contributed by atoms with Crippen molar-refractivity contribution in [3.05, 3.63) is 77.7 Å². The highest BCUT2D eigenvalue weighted by molar-refractivity contribution is 5.78. The second-order valence-corrected chi connectivity index (χ2v) is 8.65. The number of rotatable bonds is 8. The Hall–Kier alpha value is -3.61. The zero-order chi connectivity index (χ0) is 23.9. The van der Waals surface area contributed by atoms with Gasteiger partial charge in [-0.15, -0.1) is 0 Å². The lowest BCUT2D eigenvalue weighted by Gasteiger charge is -2.37. The Balaban J connectivity index is 1.28. The van der Waals surface area contributed by atoms with E-state index in [9.17, 15) is 4.79 Å². The highest BCUT2D eigenvalue weighted by Gasteiger charge is 2.26. The molecule has 2 heterocycles. The number of hydrogen-bond donors (Lipinski definition) is 0. The van der Waals surface area contributed by atoms with E-state index in [0.29, 0.717) is 18.1 Å². The van der Waals surface area contributed by atoms with E-state index in [1.54, 1.807) is 0 Å². The number of amides is 1. The largest absolute Gasteiger partial charge is 0.485 e. The van der Waals surface area contributed by atoms with Gasteiger partial charge < -0.3 is 19.3 Å². The summed E-state index contributed by atoms with van der Waals surface area (Å²) in [5.41, 5.74) is 2.05. The number of para-hydroxylation sites is 2. The zero-order valence-electron chi connectivity index (χ0n) is 20.1. The summed E-state index contributed by atoms with van der Waals surface area (Å²) in [5, 5.41) is 0. The molecule has 0 N–H and O–H groups in total. The average molecular weight is 461 g/mol. The predicted octanol–water partition coefficient (Wildman–Crippen LogP) is 4.18. The van der Waals surface area contributed by atoms with Crippen LogP contribution in [-0.2, 0) is 11.4 Å². The van der Waals surface area contributed by atoms with E-state index in [0.717, 1.165) is 48.8 Å². The summed E-state index contributed by atoms with van der Waals surface area (Å²) in [6.07, 6.45) is 1.78. The average Bonchev–Trinajstić information content (AvgIpc) is 2.86. The first kappa shape index (κ1) is 23.5. The highest BCUT2D eigenvalue weighted by Crippen LogP contribution is 2.28. The van der Waals surface area contributed by atoms with Gasteiger partial charge in [-0.3, -0.25) is 4.79 Å².